The van der Waals surface area contributed by atoms with Gasteiger partial charge in [-0.25, -0.2) is 0 Å². The van der Waals surface area contributed by atoms with Gasteiger partial charge in [-0.05, 0) is 67.2 Å². The molecule has 2 rings (SSSR count). The molecule has 0 aromatic heterocycles. The van der Waals surface area contributed by atoms with Crippen LogP contribution >= 0.6 is 0 Å². The van der Waals surface area contributed by atoms with Crippen LogP contribution in [0.1, 0.15) is 99.3 Å². The van der Waals surface area contributed by atoms with Gasteiger partial charge in [0.2, 0.25) is 0 Å². The molecule has 0 aliphatic heterocycles. The topological polar surface area (TPSA) is 46.5 Å². The Morgan fingerprint density at radius 2 is 1.81 bits per heavy atom. The minimum atomic E-state index is -2.02. The molecule has 4 heteroatoms. The minimum absolute atomic E-state index is 0.0589. The molecule has 2 saturated carbocycles. The fraction of sp³-hybridized carbons (Fsp3) is 0.889. The van der Waals surface area contributed by atoms with E-state index >= 15 is 0 Å². The number of allylic oxidation sites excluding steroid dienone is 1. The second kappa shape index (κ2) is 10.1. The average molecular weight is 451 g/mol. The molecule has 2 fully saturated rings. The van der Waals surface area contributed by atoms with E-state index in [9.17, 15) is 9.90 Å². The lowest BCUT2D eigenvalue weighted by Crippen LogP contribution is -2.49. The maximum atomic E-state index is 13.3. The number of hydrogen-bond acceptors (Lipinski definition) is 3. The maximum absolute atomic E-state index is 13.3. The Morgan fingerprint density at radius 1 is 1.16 bits per heavy atom. The molecular formula is C27H50O3Si. The molecule has 0 amide bonds. The Labute approximate surface area is 193 Å². The van der Waals surface area contributed by atoms with Gasteiger partial charge in [0.05, 0.1) is 19.2 Å². The molecule has 2 aliphatic rings. The zero-order chi connectivity index (χ0) is 23.5. The Bertz CT molecular complexity index is 629. The van der Waals surface area contributed by atoms with Crippen molar-refractivity contribution in [2.75, 3.05) is 6.61 Å². The first-order valence-electron chi connectivity index (χ1n) is 12.9. The molecule has 4 unspecified atom stereocenters. The van der Waals surface area contributed by atoms with Crippen LogP contribution in [-0.4, -0.2) is 31.4 Å². The number of aliphatic hydroxyl groups is 1. The molecule has 1 N–H and O–H groups in total. The standard InChI is InChI=1S/C27H50O3Si/c1-9-27(29,10-2)20-23(31(7,8)25(3,4)5)24(28)30-19-13-15-22-17-16-21-14-11-12-18-26(21,22)6/h13,15,21-23,29H,9-12,14,16-20H2,1-8H3. The normalized spacial score (nSPS) is 28.5. The molecule has 3 nitrogen and oxygen atoms in total. The number of ether oxygens (including phenoxy) is 1. The van der Waals surface area contributed by atoms with Gasteiger partial charge in [0, 0.05) is 0 Å². The monoisotopic (exact) mass is 450 g/mol. The summed E-state index contributed by atoms with van der Waals surface area (Å²) in [5.74, 6) is 1.39. The van der Waals surface area contributed by atoms with E-state index in [0.717, 1.165) is 5.92 Å². The largest absolute Gasteiger partial charge is 0.461 e. The quantitative estimate of drug-likeness (QED) is 0.224. The van der Waals surface area contributed by atoms with Gasteiger partial charge < -0.3 is 9.84 Å². The minimum Gasteiger partial charge on any atom is -0.461 e. The molecule has 0 aromatic carbocycles. The molecule has 4 atom stereocenters. The van der Waals surface area contributed by atoms with E-state index in [1.54, 1.807) is 0 Å². The number of carbonyl (C=O) groups is 1. The lowest BCUT2D eigenvalue weighted by atomic mass is 9.65. The highest BCUT2D eigenvalue weighted by Crippen LogP contribution is 2.55. The molecule has 180 valence electrons. The summed E-state index contributed by atoms with van der Waals surface area (Å²) in [7, 11) is -2.02. The summed E-state index contributed by atoms with van der Waals surface area (Å²) in [6.45, 7) is 18.1. The Hall–Kier alpha value is -0.613. The van der Waals surface area contributed by atoms with E-state index in [1.807, 2.05) is 13.8 Å². The van der Waals surface area contributed by atoms with E-state index in [0.29, 0.717) is 37.2 Å². The van der Waals surface area contributed by atoms with E-state index in [1.165, 1.54) is 38.5 Å². The smallest absolute Gasteiger partial charge is 0.306 e. The number of hydrogen-bond donors (Lipinski definition) is 1. The third kappa shape index (κ3) is 5.85. The summed E-state index contributed by atoms with van der Waals surface area (Å²) < 4.78 is 5.85. The van der Waals surface area contributed by atoms with Crippen molar-refractivity contribution in [2.45, 2.75) is 129 Å². The van der Waals surface area contributed by atoms with E-state index in [2.05, 4.69) is 52.9 Å². The van der Waals surface area contributed by atoms with Crippen LogP contribution in [0.5, 0.6) is 0 Å². The van der Waals surface area contributed by atoms with Crippen molar-refractivity contribution in [1.82, 2.24) is 0 Å². The molecule has 31 heavy (non-hydrogen) atoms. The third-order valence-corrected chi connectivity index (χ3v) is 15.9. The van der Waals surface area contributed by atoms with E-state index in [4.69, 9.17) is 4.74 Å². The fourth-order valence-corrected chi connectivity index (χ4v) is 8.55. The summed E-state index contributed by atoms with van der Waals surface area (Å²) in [6.07, 6.45) is 14.4. The summed E-state index contributed by atoms with van der Waals surface area (Å²) in [5.41, 5.74) is -0.539. The van der Waals surface area contributed by atoms with Crippen molar-refractivity contribution in [3.63, 3.8) is 0 Å². The van der Waals surface area contributed by atoms with Crippen molar-refractivity contribution in [1.29, 1.82) is 0 Å². The number of fused-ring (bicyclic) bond motifs is 1. The Balaban J connectivity index is 2.05. The average Bonchev–Trinajstić information content (AvgIpc) is 3.04. The highest BCUT2D eigenvalue weighted by atomic mass is 28.3. The van der Waals surface area contributed by atoms with Gasteiger partial charge in [0.1, 0.15) is 6.61 Å². The molecule has 0 radical (unpaired) electrons. The Kier molecular flexibility index (Phi) is 8.69. The first-order chi connectivity index (χ1) is 14.3. The molecular weight excluding hydrogens is 400 g/mol. The number of esters is 1. The van der Waals surface area contributed by atoms with Crippen molar-refractivity contribution in [3.8, 4) is 0 Å². The zero-order valence-corrected chi connectivity index (χ0v) is 22.7. The number of carbonyl (C=O) groups excluding carboxylic acids is 1. The lowest BCUT2D eigenvalue weighted by Gasteiger charge is -2.44. The van der Waals surface area contributed by atoms with Gasteiger partial charge in [-0.15, -0.1) is 0 Å². The second-order valence-corrected chi connectivity index (χ2v) is 18.0. The van der Waals surface area contributed by atoms with E-state index < -0.39 is 13.7 Å². The number of rotatable bonds is 9. The summed E-state index contributed by atoms with van der Waals surface area (Å²) in [5, 5.41) is 11.1. The molecule has 0 heterocycles. The van der Waals surface area contributed by atoms with Crippen molar-refractivity contribution in [2.24, 2.45) is 17.3 Å². The fourth-order valence-electron chi connectivity index (χ4n) is 5.94. The van der Waals surface area contributed by atoms with Gasteiger partial charge in [-0.1, -0.05) is 79.6 Å². The molecule has 0 aromatic rings. The predicted octanol–water partition coefficient (Wildman–Crippen LogP) is 7.51. The predicted molar refractivity (Wildman–Crippen MR) is 134 cm³/mol. The van der Waals surface area contributed by atoms with Crippen LogP contribution in [-0.2, 0) is 9.53 Å². The van der Waals surface area contributed by atoms with Crippen molar-refractivity contribution >= 4 is 14.0 Å². The maximum Gasteiger partial charge on any atom is 0.306 e. The van der Waals surface area contributed by atoms with Crippen LogP contribution in [0.15, 0.2) is 12.2 Å². The SMILES string of the molecule is CCC(O)(CC)CC(C(=O)OCC=CC1CCC2CCCCC12C)[Si](C)(C)C(C)(C)C. The van der Waals surface area contributed by atoms with Crippen LogP contribution < -0.4 is 0 Å². The zero-order valence-electron chi connectivity index (χ0n) is 21.7. The van der Waals surface area contributed by atoms with Crippen molar-refractivity contribution < 1.29 is 14.6 Å². The molecule has 2 aliphatic carbocycles. The van der Waals surface area contributed by atoms with Crippen LogP contribution in [0.2, 0.25) is 23.7 Å². The van der Waals surface area contributed by atoms with Gasteiger partial charge in [-0.3, -0.25) is 4.79 Å². The van der Waals surface area contributed by atoms with E-state index in [-0.39, 0.29) is 16.5 Å². The first kappa shape index (κ1) is 26.6. The highest BCUT2D eigenvalue weighted by Gasteiger charge is 2.49. The highest BCUT2D eigenvalue weighted by molar-refractivity contribution is 6.84. The van der Waals surface area contributed by atoms with Crippen LogP contribution in [0, 0.1) is 17.3 Å². The van der Waals surface area contributed by atoms with Crippen LogP contribution in [0.4, 0.5) is 0 Å². The summed E-state index contributed by atoms with van der Waals surface area (Å²) in [6, 6.07) is 0. The van der Waals surface area contributed by atoms with Crippen LogP contribution in [0.25, 0.3) is 0 Å². The van der Waals surface area contributed by atoms with Crippen LogP contribution in [0.3, 0.4) is 0 Å². The third-order valence-electron chi connectivity index (χ3n) is 9.80. The summed E-state index contributed by atoms with van der Waals surface area (Å²) in [4.78, 5) is 13.3. The van der Waals surface area contributed by atoms with Crippen molar-refractivity contribution in [3.05, 3.63) is 12.2 Å². The van der Waals surface area contributed by atoms with Gasteiger partial charge in [0.15, 0.2) is 0 Å². The van der Waals surface area contributed by atoms with Gasteiger partial charge in [-0.2, -0.15) is 0 Å². The van der Waals surface area contributed by atoms with Gasteiger partial charge >= 0.3 is 5.97 Å². The summed E-state index contributed by atoms with van der Waals surface area (Å²) >= 11 is 0. The second-order valence-electron chi connectivity index (χ2n) is 12.4. The molecule has 0 bridgehead atoms. The molecule has 0 spiro atoms. The Morgan fingerprint density at radius 3 is 2.39 bits per heavy atom. The molecule has 0 saturated heterocycles. The first-order valence-corrected chi connectivity index (χ1v) is 15.9. The lowest BCUT2D eigenvalue weighted by molar-refractivity contribution is -0.144. The van der Waals surface area contributed by atoms with Gasteiger partial charge in [0.25, 0.3) is 0 Å².